The van der Waals surface area contributed by atoms with Gasteiger partial charge >= 0.3 is 6.18 Å². The van der Waals surface area contributed by atoms with Gasteiger partial charge in [0.05, 0.1) is 6.42 Å². The maximum atomic E-state index is 12.0. The van der Waals surface area contributed by atoms with Gasteiger partial charge in [-0.2, -0.15) is 13.2 Å². The Hall–Kier alpha value is -0.740. The van der Waals surface area contributed by atoms with E-state index < -0.39 is 12.6 Å². The van der Waals surface area contributed by atoms with Crippen molar-refractivity contribution in [1.82, 2.24) is 5.32 Å². The molecule has 18 heavy (non-hydrogen) atoms. The van der Waals surface area contributed by atoms with Crippen molar-refractivity contribution in [2.24, 2.45) is 0 Å². The number of halogens is 4. The second-order valence-electron chi connectivity index (χ2n) is 4.74. The highest BCUT2D eigenvalue weighted by molar-refractivity contribution is 6.30. The summed E-state index contributed by atoms with van der Waals surface area (Å²) in [4.78, 5) is 0. The molecule has 1 aliphatic rings. The van der Waals surface area contributed by atoms with Crippen molar-refractivity contribution in [3.8, 4) is 0 Å². The van der Waals surface area contributed by atoms with E-state index in [4.69, 9.17) is 11.6 Å². The Balaban J connectivity index is 1.71. The Morgan fingerprint density at radius 1 is 1.28 bits per heavy atom. The summed E-state index contributed by atoms with van der Waals surface area (Å²) < 4.78 is 35.9. The second-order valence-corrected chi connectivity index (χ2v) is 5.18. The Morgan fingerprint density at radius 3 is 2.61 bits per heavy atom. The summed E-state index contributed by atoms with van der Waals surface area (Å²) in [5.41, 5.74) is 1.18. The van der Waals surface area contributed by atoms with Gasteiger partial charge in [0, 0.05) is 17.6 Å². The quantitative estimate of drug-likeness (QED) is 0.873. The number of benzene rings is 1. The molecule has 0 saturated heterocycles. The summed E-state index contributed by atoms with van der Waals surface area (Å²) in [6, 6.07) is 7.88. The van der Waals surface area contributed by atoms with Gasteiger partial charge in [0.1, 0.15) is 0 Å². The van der Waals surface area contributed by atoms with Crippen molar-refractivity contribution in [2.75, 3.05) is 6.54 Å². The topological polar surface area (TPSA) is 12.0 Å². The standard InChI is InChI=1S/C13H15ClF3N/c14-11-3-1-2-9(6-11)10-7-12(8-10)18-5-4-13(15,16)17/h1-3,6,10,12,18H,4-5,7-8H2. The predicted octanol–water partition coefficient (Wildman–Crippen LogP) is 4.13. The molecule has 100 valence electrons. The van der Waals surface area contributed by atoms with Gasteiger partial charge in [0.2, 0.25) is 0 Å². The molecule has 0 bridgehead atoms. The smallest absolute Gasteiger partial charge is 0.314 e. The van der Waals surface area contributed by atoms with Crippen LogP contribution in [0.5, 0.6) is 0 Å². The van der Waals surface area contributed by atoms with E-state index in [1.54, 1.807) is 0 Å². The van der Waals surface area contributed by atoms with Gasteiger partial charge in [-0.1, -0.05) is 23.7 Å². The molecule has 1 saturated carbocycles. The van der Waals surface area contributed by atoms with Crippen LogP contribution in [-0.4, -0.2) is 18.8 Å². The molecule has 1 fully saturated rings. The Bertz CT molecular complexity index is 399. The van der Waals surface area contributed by atoms with Crippen LogP contribution >= 0.6 is 11.6 Å². The molecule has 1 aliphatic carbocycles. The lowest BCUT2D eigenvalue weighted by molar-refractivity contribution is -0.133. The van der Waals surface area contributed by atoms with Crippen LogP contribution in [0.15, 0.2) is 24.3 Å². The molecule has 0 radical (unpaired) electrons. The monoisotopic (exact) mass is 277 g/mol. The van der Waals surface area contributed by atoms with Crippen molar-refractivity contribution < 1.29 is 13.2 Å². The molecular weight excluding hydrogens is 263 g/mol. The largest absolute Gasteiger partial charge is 0.390 e. The zero-order valence-corrected chi connectivity index (χ0v) is 10.6. The fourth-order valence-electron chi connectivity index (χ4n) is 2.24. The number of alkyl halides is 3. The third-order valence-corrected chi connectivity index (χ3v) is 3.53. The number of rotatable bonds is 4. The van der Waals surface area contributed by atoms with Crippen molar-refractivity contribution in [2.45, 2.75) is 37.4 Å². The zero-order chi connectivity index (χ0) is 13.2. The van der Waals surface area contributed by atoms with Gasteiger partial charge in [-0.3, -0.25) is 0 Å². The fourth-order valence-corrected chi connectivity index (χ4v) is 2.43. The van der Waals surface area contributed by atoms with Crippen LogP contribution in [0, 0.1) is 0 Å². The number of hydrogen-bond donors (Lipinski definition) is 1. The molecule has 1 aromatic rings. The fraction of sp³-hybridized carbons (Fsp3) is 0.538. The highest BCUT2D eigenvalue weighted by atomic mass is 35.5. The number of nitrogens with one attached hydrogen (secondary N) is 1. The Labute approximate surface area is 109 Å². The molecular formula is C13H15ClF3N. The third-order valence-electron chi connectivity index (χ3n) is 3.30. The van der Waals surface area contributed by atoms with E-state index in [-0.39, 0.29) is 12.6 Å². The van der Waals surface area contributed by atoms with Gasteiger partial charge in [0.25, 0.3) is 0 Å². The van der Waals surface area contributed by atoms with Crippen LogP contribution in [0.1, 0.15) is 30.7 Å². The molecule has 1 N–H and O–H groups in total. The van der Waals surface area contributed by atoms with E-state index in [1.807, 2.05) is 24.3 Å². The van der Waals surface area contributed by atoms with Crippen LogP contribution < -0.4 is 5.32 Å². The Morgan fingerprint density at radius 2 is 2.00 bits per heavy atom. The average molecular weight is 278 g/mol. The van der Waals surface area contributed by atoms with E-state index in [0.29, 0.717) is 10.9 Å². The lowest BCUT2D eigenvalue weighted by Gasteiger charge is -2.36. The molecule has 2 rings (SSSR count). The first-order valence-electron chi connectivity index (χ1n) is 5.99. The maximum absolute atomic E-state index is 12.0. The lowest BCUT2D eigenvalue weighted by Crippen LogP contribution is -2.41. The molecule has 0 amide bonds. The first-order chi connectivity index (χ1) is 8.44. The van der Waals surface area contributed by atoms with E-state index in [9.17, 15) is 13.2 Å². The molecule has 0 atom stereocenters. The highest BCUT2D eigenvalue weighted by Crippen LogP contribution is 2.37. The summed E-state index contributed by atoms with van der Waals surface area (Å²) >= 11 is 5.90. The molecule has 0 unspecified atom stereocenters. The van der Waals surface area contributed by atoms with E-state index >= 15 is 0 Å². The third kappa shape index (κ3) is 3.89. The van der Waals surface area contributed by atoms with Crippen LogP contribution in [0.3, 0.4) is 0 Å². The van der Waals surface area contributed by atoms with Crippen molar-refractivity contribution >= 4 is 11.6 Å². The zero-order valence-electron chi connectivity index (χ0n) is 9.80. The van der Waals surface area contributed by atoms with Crippen LogP contribution in [-0.2, 0) is 0 Å². The summed E-state index contributed by atoms with van der Waals surface area (Å²) in [5.74, 6) is 0.423. The molecule has 5 heteroatoms. The molecule has 0 spiro atoms. The first kappa shape index (κ1) is 13.7. The van der Waals surface area contributed by atoms with Gasteiger partial charge in [0.15, 0.2) is 0 Å². The van der Waals surface area contributed by atoms with Crippen LogP contribution in [0.25, 0.3) is 0 Å². The molecule has 1 aromatic carbocycles. The summed E-state index contributed by atoms with van der Waals surface area (Å²) in [5, 5.41) is 3.65. The van der Waals surface area contributed by atoms with E-state index in [0.717, 1.165) is 12.8 Å². The van der Waals surface area contributed by atoms with E-state index in [1.165, 1.54) is 5.56 Å². The van der Waals surface area contributed by atoms with Crippen molar-refractivity contribution in [3.05, 3.63) is 34.9 Å². The summed E-state index contributed by atoms with van der Waals surface area (Å²) in [7, 11) is 0. The first-order valence-corrected chi connectivity index (χ1v) is 6.37. The van der Waals surface area contributed by atoms with Crippen molar-refractivity contribution in [1.29, 1.82) is 0 Å². The SMILES string of the molecule is FC(F)(F)CCNC1CC(c2cccc(Cl)c2)C1. The van der Waals surface area contributed by atoms with Gasteiger partial charge in [-0.05, 0) is 36.5 Å². The van der Waals surface area contributed by atoms with Crippen LogP contribution in [0.2, 0.25) is 5.02 Å². The maximum Gasteiger partial charge on any atom is 0.390 e. The highest BCUT2D eigenvalue weighted by Gasteiger charge is 2.32. The average Bonchev–Trinajstić information content (AvgIpc) is 2.19. The molecule has 1 nitrogen and oxygen atoms in total. The van der Waals surface area contributed by atoms with Crippen LogP contribution in [0.4, 0.5) is 13.2 Å². The normalized spacial score (nSPS) is 23.8. The predicted molar refractivity (Wildman–Crippen MR) is 65.9 cm³/mol. The van der Waals surface area contributed by atoms with Gasteiger partial charge in [-0.25, -0.2) is 0 Å². The number of hydrogen-bond acceptors (Lipinski definition) is 1. The minimum atomic E-state index is -4.07. The molecule has 0 aromatic heterocycles. The van der Waals surface area contributed by atoms with Crippen molar-refractivity contribution in [3.63, 3.8) is 0 Å². The minimum absolute atomic E-state index is 0.0103. The van der Waals surface area contributed by atoms with E-state index in [2.05, 4.69) is 5.32 Å². The van der Waals surface area contributed by atoms with Gasteiger partial charge < -0.3 is 5.32 Å². The molecule has 0 aliphatic heterocycles. The van der Waals surface area contributed by atoms with Gasteiger partial charge in [-0.15, -0.1) is 0 Å². The summed E-state index contributed by atoms with van der Waals surface area (Å²) in [6.07, 6.45) is -3.05. The molecule has 0 heterocycles. The summed E-state index contributed by atoms with van der Waals surface area (Å²) in [6.45, 7) is 0.0103. The second kappa shape index (κ2) is 5.49. The Kier molecular flexibility index (Phi) is 4.17. The lowest BCUT2D eigenvalue weighted by atomic mass is 9.76. The minimum Gasteiger partial charge on any atom is -0.314 e.